The maximum atomic E-state index is 14.1. The lowest BCUT2D eigenvalue weighted by Gasteiger charge is -2.33. The SMILES string of the molecule is CCCNC(=O)[C@H](CC)N(Cc1ccccc1C)C(=O)CN(c1ccc(F)cc1)S(=O)(=O)c1ccc2c(c1)OCCO2. The Kier molecular flexibility index (Phi) is 10.1. The van der Waals surface area contributed by atoms with Gasteiger partial charge in [-0.1, -0.05) is 38.1 Å². The van der Waals surface area contributed by atoms with Crippen LogP contribution in [0.4, 0.5) is 10.1 Å². The first-order valence-electron chi connectivity index (χ1n) is 13.9. The molecule has 0 aliphatic carbocycles. The average Bonchev–Trinajstić information content (AvgIpc) is 2.99. The molecule has 0 spiro atoms. The van der Waals surface area contributed by atoms with E-state index in [4.69, 9.17) is 9.47 Å². The Morgan fingerprint density at radius 2 is 1.67 bits per heavy atom. The van der Waals surface area contributed by atoms with Crippen molar-refractivity contribution in [3.8, 4) is 11.5 Å². The highest BCUT2D eigenvalue weighted by Crippen LogP contribution is 2.34. The van der Waals surface area contributed by atoms with Crippen molar-refractivity contribution in [3.05, 3.63) is 83.7 Å². The van der Waals surface area contributed by atoms with Crippen LogP contribution >= 0.6 is 0 Å². The van der Waals surface area contributed by atoms with Gasteiger partial charge in [-0.2, -0.15) is 0 Å². The van der Waals surface area contributed by atoms with E-state index in [1.807, 2.05) is 38.1 Å². The van der Waals surface area contributed by atoms with Crippen LogP contribution in [0.25, 0.3) is 0 Å². The van der Waals surface area contributed by atoms with Crippen molar-refractivity contribution in [2.24, 2.45) is 0 Å². The van der Waals surface area contributed by atoms with E-state index in [0.717, 1.165) is 34.0 Å². The van der Waals surface area contributed by atoms with Gasteiger partial charge in [0.25, 0.3) is 10.0 Å². The van der Waals surface area contributed by atoms with Gasteiger partial charge in [-0.05, 0) is 67.3 Å². The van der Waals surface area contributed by atoms with Crippen LogP contribution in [0.2, 0.25) is 0 Å². The molecule has 1 N–H and O–H groups in total. The predicted molar refractivity (Wildman–Crippen MR) is 157 cm³/mol. The number of hydrogen-bond donors (Lipinski definition) is 1. The topological polar surface area (TPSA) is 105 Å². The number of rotatable bonds is 12. The van der Waals surface area contributed by atoms with Gasteiger partial charge in [0.1, 0.15) is 31.6 Å². The van der Waals surface area contributed by atoms with E-state index in [2.05, 4.69) is 5.32 Å². The van der Waals surface area contributed by atoms with Crippen LogP contribution in [0, 0.1) is 12.7 Å². The molecule has 3 aromatic rings. The maximum absolute atomic E-state index is 14.1. The summed E-state index contributed by atoms with van der Waals surface area (Å²) in [6.07, 6.45) is 1.04. The summed E-state index contributed by atoms with van der Waals surface area (Å²) >= 11 is 0. The normalized spacial score (nSPS) is 13.2. The highest BCUT2D eigenvalue weighted by Gasteiger charge is 2.34. The molecule has 42 heavy (non-hydrogen) atoms. The van der Waals surface area contributed by atoms with Crippen molar-refractivity contribution in [2.45, 2.75) is 51.1 Å². The zero-order chi connectivity index (χ0) is 30.3. The molecule has 224 valence electrons. The van der Waals surface area contributed by atoms with Gasteiger partial charge in [0.2, 0.25) is 11.8 Å². The molecular weight excluding hydrogens is 561 g/mol. The third kappa shape index (κ3) is 7.02. The van der Waals surface area contributed by atoms with E-state index in [-0.39, 0.29) is 35.4 Å². The largest absolute Gasteiger partial charge is 0.486 e. The van der Waals surface area contributed by atoms with Crippen LogP contribution in [0.5, 0.6) is 11.5 Å². The lowest BCUT2D eigenvalue weighted by molar-refractivity contribution is -0.140. The Labute approximate surface area is 246 Å². The number of ether oxygens (including phenoxy) is 2. The minimum absolute atomic E-state index is 0.0963. The number of carbonyl (C=O) groups is 2. The van der Waals surface area contributed by atoms with Crippen LogP contribution < -0.4 is 19.1 Å². The first kappa shape index (κ1) is 30.8. The second-order valence-corrected chi connectivity index (χ2v) is 11.8. The molecule has 1 aliphatic heterocycles. The molecule has 2 amide bonds. The molecule has 11 heteroatoms. The van der Waals surface area contributed by atoms with Crippen molar-refractivity contribution >= 4 is 27.5 Å². The van der Waals surface area contributed by atoms with Gasteiger partial charge in [0.05, 0.1) is 10.6 Å². The molecule has 1 atom stereocenters. The van der Waals surface area contributed by atoms with Crippen molar-refractivity contribution in [2.75, 3.05) is 30.6 Å². The predicted octanol–water partition coefficient (Wildman–Crippen LogP) is 4.43. The van der Waals surface area contributed by atoms with E-state index in [1.165, 1.54) is 35.2 Å². The minimum Gasteiger partial charge on any atom is -0.486 e. The van der Waals surface area contributed by atoms with Gasteiger partial charge in [0, 0.05) is 19.2 Å². The number of anilines is 1. The van der Waals surface area contributed by atoms with Gasteiger partial charge in [-0.25, -0.2) is 12.8 Å². The number of carbonyl (C=O) groups excluding carboxylic acids is 2. The molecule has 3 aromatic carbocycles. The molecule has 4 rings (SSSR count). The quantitative estimate of drug-likeness (QED) is 0.331. The number of halogens is 1. The first-order chi connectivity index (χ1) is 20.1. The van der Waals surface area contributed by atoms with E-state index in [0.29, 0.717) is 25.3 Å². The zero-order valence-electron chi connectivity index (χ0n) is 24.0. The lowest BCUT2D eigenvalue weighted by Crippen LogP contribution is -2.52. The number of hydrogen-bond acceptors (Lipinski definition) is 6. The van der Waals surface area contributed by atoms with Crippen LogP contribution in [0.15, 0.2) is 71.6 Å². The van der Waals surface area contributed by atoms with Crippen LogP contribution in [-0.2, 0) is 26.2 Å². The van der Waals surface area contributed by atoms with Gasteiger partial charge in [-0.3, -0.25) is 13.9 Å². The van der Waals surface area contributed by atoms with E-state index in [1.54, 1.807) is 6.92 Å². The van der Waals surface area contributed by atoms with Crippen LogP contribution in [0.3, 0.4) is 0 Å². The number of sulfonamides is 1. The second-order valence-electron chi connectivity index (χ2n) is 9.96. The second kappa shape index (κ2) is 13.7. The Morgan fingerprint density at radius 3 is 2.33 bits per heavy atom. The maximum Gasteiger partial charge on any atom is 0.264 e. The number of nitrogens with one attached hydrogen (secondary N) is 1. The minimum atomic E-state index is -4.35. The van der Waals surface area contributed by atoms with Gasteiger partial charge in [-0.15, -0.1) is 0 Å². The Balaban J connectivity index is 1.74. The van der Waals surface area contributed by atoms with Crippen LogP contribution in [-0.4, -0.2) is 57.5 Å². The third-order valence-corrected chi connectivity index (χ3v) is 8.80. The molecule has 0 bridgehead atoms. The Morgan fingerprint density at radius 1 is 0.976 bits per heavy atom. The molecule has 0 fully saturated rings. The standard InChI is InChI=1S/C31H36FN3O6S/c1-4-16-33-31(37)27(5-2)34(20-23-9-7-6-8-22(23)3)30(36)21-35(25-12-10-24(32)11-13-25)42(38,39)26-14-15-28-29(19-26)41-18-17-40-28/h6-15,19,27H,4-5,16-18,20-21H2,1-3H3,(H,33,37)/t27-/m0/s1. The molecule has 1 heterocycles. The monoisotopic (exact) mass is 597 g/mol. The van der Waals surface area contributed by atoms with Gasteiger partial charge in [0.15, 0.2) is 11.5 Å². The summed E-state index contributed by atoms with van der Waals surface area (Å²) in [7, 11) is -4.35. The summed E-state index contributed by atoms with van der Waals surface area (Å²) in [6.45, 7) is 6.18. The Hall–Kier alpha value is -4.12. The lowest BCUT2D eigenvalue weighted by atomic mass is 10.1. The highest BCUT2D eigenvalue weighted by molar-refractivity contribution is 7.92. The number of benzene rings is 3. The third-order valence-electron chi connectivity index (χ3n) is 7.03. The number of aryl methyl sites for hydroxylation is 1. The van der Waals surface area contributed by atoms with E-state index >= 15 is 0 Å². The number of fused-ring (bicyclic) bond motifs is 1. The number of amides is 2. The van der Waals surface area contributed by atoms with Crippen molar-refractivity contribution in [3.63, 3.8) is 0 Å². The highest BCUT2D eigenvalue weighted by atomic mass is 32.2. The van der Waals surface area contributed by atoms with Crippen LogP contribution in [0.1, 0.15) is 37.8 Å². The summed E-state index contributed by atoms with van der Waals surface area (Å²) in [5.74, 6) is -0.765. The average molecular weight is 598 g/mol. The fourth-order valence-electron chi connectivity index (χ4n) is 4.70. The fraction of sp³-hybridized carbons (Fsp3) is 0.355. The van der Waals surface area contributed by atoms with E-state index < -0.39 is 34.3 Å². The molecule has 0 unspecified atom stereocenters. The number of nitrogens with zero attached hydrogens (tertiary/aromatic N) is 2. The summed E-state index contributed by atoms with van der Waals surface area (Å²) in [6, 6.07) is 15.8. The molecule has 0 saturated heterocycles. The molecular formula is C31H36FN3O6S. The van der Waals surface area contributed by atoms with Crippen molar-refractivity contribution in [1.29, 1.82) is 0 Å². The van der Waals surface area contributed by atoms with Gasteiger partial charge < -0.3 is 19.7 Å². The zero-order valence-corrected chi connectivity index (χ0v) is 24.8. The molecule has 0 aromatic heterocycles. The molecule has 1 aliphatic rings. The summed E-state index contributed by atoms with van der Waals surface area (Å²) in [4.78, 5) is 28.6. The molecule has 0 radical (unpaired) electrons. The van der Waals surface area contributed by atoms with Crippen molar-refractivity contribution in [1.82, 2.24) is 10.2 Å². The van der Waals surface area contributed by atoms with E-state index in [9.17, 15) is 22.4 Å². The fourth-order valence-corrected chi connectivity index (χ4v) is 6.13. The molecule has 9 nitrogen and oxygen atoms in total. The molecule has 0 saturated carbocycles. The van der Waals surface area contributed by atoms with Crippen molar-refractivity contribution < 1.29 is 31.9 Å². The summed E-state index contributed by atoms with van der Waals surface area (Å²) in [5, 5.41) is 2.86. The first-order valence-corrected chi connectivity index (χ1v) is 15.4. The summed E-state index contributed by atoms with van der Waals surface area (Å²) in [5.41, 5.74) is 1.85. The smallest absolute Gasteiger partial charge is 0.264 e. The summed E-state index contributed by atoms with van der Waals surface area (Å²) < 4.78 is 54.0. The van der Waals surface area contributed by atoms with Gasteiger partial charge >= 0.3 is 0 Å². The Bertz CT molecular complexity index is 1510.